The Bertz CT molecular complexity index is 546. The first-order valence-electron chi connectivity index (χ1n) is 6.45. The van der Waals surface area contributed by atoms with Crippen LogP contribution in [-0.4, -0.2) is 23.2 Å². The average molecular weight is 276 g/mol. The maximum atomic E-state index is 13.1. The minimum atomic E-state index is -0.780. The van der Waals surface area contributed by atoms with Crippen LogP contribution in [0.25, 0.3) is 0 Å². The lowest BCUT2D eigenvalue weighted by molar-refractivity contribution is 0.191. The van der Waals surface area contributed by atoms with Crippen LogP contribution in [0.3, 0.4) is 0 Å². The molecule has 1 aromatic carbocycles. The third-order valence-corrected chi connectivity index (χ3v) is 2.76. The van der Waals surface area contributed by atoms with E-state index in [9.17, 15) is 9.50 Å². The highest BCUT2D eigenvalue weighted by atomic mass is 19.1. The van der Waals surface area contributed by atoms with Crippen LogP contribution in [-0.2, 0) is 0 Å². The topological polar surface area (TPSA) is 54.4 Å². The van der Waals surface area contributed by atoms with E-state index >= 15 is 0 Å². The molecule has 20 heavy (non-hydrogen) atoms. The molecule has 0 saturated heterocycles. The van der Waals surface area contributed by atoms with Crippen LogP contribution in [0.5, 0.6) is 5.88 Å². The van der Waals surface area contributed by atoms with E-state index in [0.717, 1.165) is 5.69 Å². The number of pyridine rings is 1. The molecule has 0 radical (unpaired) electrons. The van der Waals surface area contributed by atoms with Gasteiger partial charge in [0.1, 0.15) is 5.82 Å². The van der Waals surface area contributed by atoms with Crippen LogP contribution in [0.1, 0.15) is 18.6 Å². The van der Waals surface area contributed by atoms with Crippen LogP contribution in [0.15, 0.2) is 42.6 Å². The monoisotopic (exact) mass is 276 g/mol. The number of aromatic nitrogens is 1. The van der Waals surface area contributed by atoms with Crippen molar-refractivity contribution in [3.63, 3.8) is 0 Å². The highest BCUT2D eigenvalue weighted by molar-refractivity contribution is 5.42. The van der Waals surface area contributed by atoms with Gasteiger partial charge in [-0.3, -0.25) is 0 Å². The van der Waals surface area contributed by atoms with Crippen molar-refractivity contribution in [2.24, 2.45) is 0 Å². The van der Waals surface area contributed by atoms with Crippen LogP contribution >= 0.6 is 0 Å². The maximum absolute atomic E-state index is 13.1. The van der Waals surface area contributed by atoms with Gasteiger partial charge in [0.15, 0.2) is 0 Å². The molecule has 2 N–H and O–H groups in total. The zero-order valence-corrected chi connectivity index (χ0v) is 11.2. The number of hydrogen-bond donors (Lipinski definition) is 2. The lowest BCUT2D eigenvalue weighted by Crippen LogP contribution is -2.12. The fourth-order valence-electron chi connectivity index (χ4n) is 1.76. The standard InChI is InChI=1S/C15H17FN2O2/c1-2-20-15-7-6-13(9-18-15)17-10-14(19)11-4-3-5-12(16)8-11/h3-9,14,17,19H,2,10H2,1H3. The summed E-state index contributed by atoms with van der Waals surface area (Å²) in [5.74, 6) is 0.202. The predicted molar refractivity (Wildman–Crippen MR) is 75.3 cm³/mol. The first-order chi connectivity index (χ1) is 9.69. The molecule has 0 spiro atoms. The van der Waals surface area contributed by atoms with Crippen LogP contribution in [0.2, 0.25) is 0 Å². The number of ether oxygens (including phenoxy) is 1. The second kappa shape index (κ2) is 6.86. The van der Waals surface area contributed by atoms with Crippen molar-refractivity contribution in [1.29, 1.82) is 0 Å². The zero-order chi connectivity index (χ0) is 14.4. The number of aliphatic hydroxyl groups excluding tert-OH is 1. The summed E-state index contributed by atoms with van der Waals surface area (Å²) < 4.78 is 18.3. The van der Waals surface area contributed by atoms with Gasteiger partial charge in [0.05, 0.1) is 24.6 Å². The van der Waals surface area contributed by atoms with E-state index in [2.05, 4.69) is 10.3 Å². The molecule has 4 nitrogen and oxygen atoms in total. The Kier molecular flexibility index (Phi) is 4.90. The highest BCUT2D eigenvalue weighted by Crippen LogP contribution is 2.16. The first kappa shape index (κ1) is 14.3. The molecular weight excluding hydrogens is 259 g/mol. The first-order valence-corrected chi connectivity index (χ1v) is 6.45. The van der Waals surface area contributed by atoms with Gasteiger partial charge in [-0.05, 0) is 30.7 Å². The molecule has 0 bridgehead atoms. The van der Waals surface area contributed by atoms with Crippen LogP contribution in [0, 0.1) is 5.82 Å². The third kappa shape index (κ3) is 3.93. The molecule has 0 amide bonds. The van der Waals surface area contributed by atoms with Gasteiger partial charge in [0.2, 0.25) is 5.88 Å². The molecule has 1 unspecified atom stereocenters. The fourth-order valence-corrected chi connectivity index (χ4v) is 1.76. The van der Waals surface area contributed by atoms with Gasteiger partial charge in [0, 0.05) is 12.6 Å². The third-order valence-electron chi connectivity index (χ3n) is 2.76. The van der Waals surface area contributed by atoms with Gasteiger partial charge in [-0.15, -0.1) is 0 Å². The second-order valence-electron chi connectivity index (χ2n) is 4.27. The van der Waals surface area contributed by atoms with Crippen molar-refractivity contribution in [2.45, 2.75) is 13.0 Å². The minimum Gasteiger partial charge on any atom is -0.478 e. The SMILES string of the molecule is CCOc1ccc(NCC(O)c2cccc(F)c2)cn1. The average Bonchev–Trinajstić information content (AvgIpc) is 2.46. The van der Waals surface area contributed by atoms with E-state index in [1.807, 2.05) is 13.0 Å². The summed E-state index contributed by atoms with van der Waals surface area (Å²) in [5, 5.41) is 13.0. The fraction of sp³-hybridized carbons (Fsp3) is 0.267. The summed E-state index contributed by atoms with van der Waals surface area (Å²) in [6, 6.07) is 9.50. The summed E-state index contributed by atoms with van der Waals surface area (Å²) in [6.07, 6.45) is 0.848. The van der Waals surface area contributed by atoms with E-state index in [0.29, 0.717) is 18.1 Å². The van der Waals surface area contributed by atoms with Gasteiger partial charge in [0.25, 0.3) is 0 Å². The predicted octanol–water partition coefficient (Wildman–Crippen LogP) is 2.76. The molecule has 0 aliphatic carbocycles. The van der Waals surface area contributed by atoms with Gasteiger partial charge in [-0.1, -0.05) is 12.1 Å². The number of aliphatic hydroxyl groups is 1. The zero-order valence-electron chi connectivity index (χ0n) is 11.2. The Morgan fingerprint density at radius 1 is 1.35 bits per heavy atom. The van der Waals surface area contributed by atoms with Gasteiger partial charge in [-0.25, -0.2) is 9.37 Å². The highest BCUT2D eigenvalue weighted by Gasteiger charge is 2.08. The number of benzene rings is 1. The van der Waals surface area contributed by atoms with Crippen LogP contribution in [0.4, 0.5) is 10.1 Å². The van der Waals surface area contributed by atoms with Gasteiger partial charge < -0.3 is 15.2 Å². The Hall–Kier alpha value is -2.14. The Balaban J connectivity index is 1.91. The molecule has 5 heteroatoms. The number of anilines is 1. The molecule has 0 saturated carbocycles. The van der Waals surface area contributed by atoms with Crippen molar-refractivity contribution in [2.75, 3.05) is 18.5 Å². The van der Waals surface area contributed by atoms with Crippen molar-refractivity contribution in [1.82, 2.24) is 4.98 Å². The smallest absolute Gasteiger partial charge is 0.213 e. The van der Waals surface area contributed by atoms with Crippen molar-refractivity contribution >= 4 is 5.69 Å². The molecule has 106 valence electrons. The number of halogens is 1. The van der Waals surface area contributed by atoms with Crippen LogP contribution < -0.4 is 10.1 Å². The Morgan fingerprint density at radius 2 is 2.20 bits per heavy atom. The lowest BCUT2D eigenvalue weighted by atomic mass is 10.1. The van der Waals surface area contributed by atoms with Crippen molar-refractivity contribution in [3.8, 4) is 5.88 Å². The van der Waals surface area contributed by atoms with Gasteiger partial charge >= 0.3 is 0 Å². The molecule has 0 fully saturated rings. The molecule has 2 aromatic rings. The molecular formula is C15H17FN2O2. The number of nitrogens with one attached hydrogen (secondary N) is 1. The van der Waals surface area contributed by atoms with Crippen molar-refractivity contribution in [3.05, 3.63) is 54.0 Å². The summed E-state index contributed by atoms with van der Waals surface area (Å²) in [7, 11) is 0. The molecule has 1 aromatic heterocycles. The number of nitrogens with zero attached hydrogens (tertiary/aromatic N) is 1. The number of rotatable bonds is 6. The summed E-state index contributed by atoms with van der Waals surface area (Å²) >= 11 is 0. The van der Waals surface area contributed by atoms with E-state index in [-0.39, 0.29) is 12.4 Å². The number of hydrogen-bond acceptors (Lipinski definition) is 4. The summed E-state index contributed by atoms with van der Waals surface area (Å²) in [4.78, 5) is 4.11. The van der Waals surface area contributed by atoms with E-state index in [1.54, 1.807) is 24.4 Å². The van der Waals surface area contributed by atoms with E-state index < -0.39 is 6.10 Å². The minimum absolute atomic E-state index is 0.277. The van der Waals surface area contributed by atoms with Crippen molar-refractivity contribution < 1.29 is 14.2 Å². The second-order valence-corrected chi connectivity index (χ2v) is 4.27. The van der Waals surface area contributed by atoms with E-state index in [1.165, 1.54) is 12.1 Å². The van der Waals surface area contributed by atoms with E-state index in [4.69, 9.17) is 4.74 Å². The Labute approximate surface area is 117 Å². The largest absolute Gasteiger partial charge is 0.478 e. The molecule has 2 rings (SSSR count). The summed E-state index contributed by atoms with van der Waals surface area (Å²) in [6.45, 7) is 2.74. The normalized spacial score (nSPS) is 11.9. The quantitative estimate of drug-likeness (QED) is 0.852. The molecule has 1 atom stereocenters. The van der Waals surface area contributed by atoms with Gasteiger partial charge in [-0.2, -0.15) is 0 Å². The lowest BCUT2D eigenvalue weighted by Gasteiger charge is -2.13. The summed E-state index contributed by atoms with van der Waals surface area (Å²) in [5.41, 5.74) is 1.31. The maximum Gasteiger partial charge on any atom is 0.213 e. The molecule has 1 heterocycles. The molecule has 0 aliphatic heterocycles. The Morgan fingerprint density at radius 3 is 2.85 bits per heavy atom. The molecule has 0 aliphatic rings.